The molecule has 3 N–H and O–H groups in total. The Kier molecular flexibility index (Phi) is 2.98. The number of amides is 1. The van der Waals surface area contributed by atoms with Gasteiger partial charge in [0.25, 0.3) is 5.91 Å². The molecule has 2 aromatic heterocycles. The van der Waals surface area contributed by atoms with E-state index in [9.17, 15) is 4.79 Å². The van der Waals surface area contributed by atoms with Gasteiger partial charge in [0.05, 0.1) is 23.4 Å². The van der Waals surface area contributed by atoms with Gasteiger partial charge in [0.1, 0.15) is 4.88 Å². The Labute approximate surface area is 94.8 Å². The SMILES string of the molecule is Nc1ccsc1C(=O)NCc1cscn1. The molecule has 0 aliphatic rings. The summed E-state index contributed by atoms with van der Waals surface area (Å²) >= 11 is 2.85. The van der Waals surface area contributed by atoms with Crippen molar-refractivity contribution in [2.45, 2.75) is 6.54 Å². The van der Waals surface area contributed by atoms with Gasteiger partial charge in [-0.2, -0.15) is 0 Å². The second-order valence-electron chi connectivity index (χ2n) is 2.87. The van der Waals surface area contributed by atoms with Crippen LogP contribution < -0.4 is 11.1 Å². The smallest absolute Gasteiger partial charge is 0.263 e. The van der Waals surface area contributed by atoms with Gasteiger partial charge in [-0.1, -0.05) is 0 Å². The number of aromatic nitrogens is 1. The molecule has 0 radical (unpaired) electrons. The van der Waals surface area contributed by atoms with E-state index in [4.69, 9.17) is 5.73 Å². The number of thiophene rings is 1. The number of nitrogens with one attached hydrogen (secondary N) is 1. The molecule has 0 unspecified atom stereocenters. The average Bonchev–Trinajstić information content (AvgIpc) is 2.84. The monoisotopic (exact) mass is 239 g/mol. The third-order valence-electron chi connectivity index (χ3n) is 1.82. The number of nitrogens with zero attached hydrogens (tertiary/aromatic N) is 1. The lowest BCUT2D eigenvalue weighted by atomic mass is 10.3. The van der Waals surface area contributed by atoms with Gasteiger partial charge in [-0.25, -0.2) is 4.98 Å². The van der Waals surface area contributed by atoms with Crippen molar-refractivity contribution in [3.8, 4) is 0 Å². The lowest BCUT2D eigenvalue weighted by Crippen LogP contribution is -2.22. The van der Waals surface area contributed by atoms with E-state index in [1.807, 2.05) is 5.38 Å². The highest BCUT2D eigenvalue weighted by Gasteiger charge is 2.10. The van der Waals surface area contributed by atoms with Crippen LogP contribution in [0, 0.1) is 0 Å². The molecule has 6 heteroatoms. The average molecular weight is 239 g/mol. The molecule has 0 saturated heterocycles. The number of hydrogen-bond acceptors (Lipinski definition) is 5. The summed E-state index contributed by atoms with van der Waals surface area (Å²) in [6.45, 7) is 0.444. The molecule has 0 atom stereocenters. The van der Waals surface area contributed by atoms with Gasteiger partial charge >= 0.3 is 0 Å². The molecule has 2 heterocycles. The zero-order valence-electron chi connectivity index (χ0n) is 7.77. The van der Waals surface area contributed by atoms with E-state index in [0.717, 1.165) is 5.69 Å². The molecule has 0 aliphatic carbocycles. The Morgan fingerprint density at radius 3 is 3.07 bits per heavy atom. The molecule has 0 fully saturated rings. The van der Waals surface area contributed by atoms with Gasteiger partial charge in [0, 0.05) is 5.38 Å². The van der Waals surface area contributed by atoms with Crippen LogP contribution in [-0.4, -0.2) is 10.9 Å². The molecule has 0 aromatic carbocycles. The number of nitrogen functional groups attached to an aromatic ring is 1. The Morgan fingerprint density at radius 1 is 1.60 bits per heavy atom. The van der Waals surface area contributed by atoms with Crippen molar-refractivity contribution in [1.82, 2.24) is 10.3 Å². The predicted octanol–water partition coefficient (Wildman–Crippen LogP) is 1.72. The Balaban J connectivity index is 1.96. The number of carbonyl (C=O) groups excluding carboxylic acids is 1. The highest BCUT2D eigenvalue weighted by Crippen LogP contribution is 2.18. The highest BCUT2D eigenvalue weighted by molar-refractivity contribution is 7.12. The minimum Gasteiger partial charge on any atom is -0.397 e. The summed E-state index contributed by atoms with van der Waals surface area (Å²) in [5, 5.41) is 6.46. The molecule has 0 aliphatic heterocycles. The van der Waals surface area contributed by atoms with Crippen molar-refractivity contribution in [2.24, 2.45) is 0 Å². The minimum atomic E-state index is -0.143. The van der Waals surface area contributed by atoms with Crippen molar-refractivity contribution < 1.29 is 4.79 Å². The van der Waals surface area contributed by atoms with Gasteiger partial charge in [-0.05, 0) is 11.4 Å². The molecule has 1 amide bonds. The zero-order valence-corrected chi connectivity index (χ0v) is 9.40. The second-order valence-corrected chi connectivity index (χ2v) is 4.50. The summed E-state index contributed by atoms with van der Waals surface area (Å²) in [4.78, 5) is 16.2. The molecule has 78 valence electrons. The molecule has 0 saturated carbocycles. The third kappa shape index (κ3) is 2.34. The van der Waals surface area contributed by atoms with Gasteiger partial charge < -0.3 is 11.1 Å². The fourth-order valence-corrected chi connectivity index (χ4v) is 2.37. The summed E-state index contributed by atoms with van der Waals surface area (Å²) in [5.41, 5.74) is 8.75. The van der Waals surface area contributed by atoms with Crippen LogP contribution in [-0.2, 0) is 6.54 Å². The van der Waals surface area contributed by atoms with Gasteiger partial charge in [-0.15, -0.1) is 22.7 Å². The van der Waals surface area contributed by atoms with Crippen LogP contribution in [0.2, 0.25) is 0 Å². The van der Waals surface area contributed by atoms with Crippen molar-refractivity contribution >= 4 is 34.3 Å². The lowest BCUT2D eigenvalue weighted by Gasteiger charge is -2.01. The first-order chi connectivity index (χ1) is 7.27. The normalized spacial score (nSPS) is 10.1. The van der Waals surface area contributed by atoms with Crippen LogP contribution in [0.1, 0.15) is 15.4 Å². The molecular formula is C9H9N3OS2. The number of rotatable bonds is 3. The number of carbonyl (C=O) groups is 1. The van der Waals surface area contributed by atoms with Crippen molar-refractivity contribution in [2.75, 3.05) is 5.73 Å². The number of hydrogen-bond donors (Lipinski definition) is 2. The zero-order chi connectivity index (χ0) is 10.7. The Morgan fingerprint density at radius 2 is 2.47 bits per heavy atom. The van der Waals surface area contributed by atoms with E-state index in [0.29, 0.717) is 17.1 Å². The van der Waals surface area contributed by atoms with E-state index in [1.165, 1.54) is 22.7 Å². The summed E-state index contributed by atoms with van der Waals surface area (Å²) < 4.78 is 0. The lowest BCUT2D eigenvalue weighted by molar-refractivity contribution is 0.0955. The first kappa shape index (κ1) is 10.1. The summed E-state index contributed by atoms with van der Waals surface area (Å²) in [6, 6.07) is 1.72. The van der Waals surface area contributed by atoms with Crippen LogP contribution in [0.3, 0.4) is 0 Å². The maximum atomic E-state index is 11.6. The van der Waals surface area contributed by atoms with E-state index < -0.39 is 0 Å². The molecular weight excluding hydrogens is 230 g/mol. The second kappa shape index (κ2) is 4.41. The maximum Gasteiger partial charge on any atom is 0.263 e. The highest BCUT2D eigenvalue weighted by atomic mass is 32.1. The maximum absolute atomic E-state index is 11.6. The standard InChI is InChI=1S/C9H9N3OS2/c10-7-1-2-15-8(7)9(13)11-3-6-4-14-5-12-6/h1-2,4-5H,3,10H2,(H,11,13). The molecule has 0 bridgehead atoms. The van der Waals surface area contributed by atoms with Gasteiger partial charge in [-0.3, -0.25) is 4.79 Å². The van der Waals surface area contributed by atoms with Crippen molar-refractivity contribution in [3.05, 3.63) is 32.9 Å². The molecule has 15 heavy (non-hydrogen) atoms. The number of anilines is 1. The molecule has 0 spiro atoms. The molecule has 2 aromatic rings. The van der Waals surface area contributed by atoms with Crippen LogP contribution in [0.4, 0.5) is 5.69 Å². The molecule has 2 rings (SSSR count). The topological polar surface area (TPSA) is 68.0 Å². The number of thiazole rings is 1. The Bertz CT molecular complexity index is 450. The van der Waals surface area contributed by atoms with E-state index in [1.54, 1.807) is 17.0 Å². The summed E-state index contributed by atoms with van der Waals surface area (Å²) in [6.07, 6.45) is 0. The van der Waals surface area contributed by atoms with E-state index in [-0.39, 0.29) is 5.91 Å². The minimum absolute atomic E-state index is 0.143. The quantitative estimate of drug-likeness (QED) is 0.857. The van der Waals surface area contributed by atoms with Gasteiger partial charge in [0.2, 0.25) is 0 Å². The van der Waals surface area contributed by atoms with E-state index in [2.05, 4.69) is 10.3 Å². The molecule has 4 nitrogen and oxygen atoms in total. The summed E-state index contributed by atoms with van der Waals surface area (Å²) in [5.74, 6) is -0.143. The van der Waals surface area contributed by atoms with Gasteiger partial charge in [0.15, 0.2) is 0 Å². The van der Waals surface area contributed by atoms with E-state index >= 15 is 0 Å². The fourth-order valence-electron chi connectivity index (χ4n) is 1.08. The first-order valence-electron chi connectivity index (χ1n) is 4.25. The Hall–Kier alpha value is -1.40. The van der Waals surface area contributed by atoms with Crippen molar-refractivity contribution in [1.29, 1.82) is 0 Å². The predicted molar refractivity (Wildman–Crippen MR) is 62.0 cm³/mol. The van der Waals surface area contributed by atoms with Crippen LogP contribution in [0.15, 0.2) is 22.3 Å². The van der Waals surface area contributed by atoms with Crippen LogP contribution in [0.25, 0.3) is 0 Å². The largest absolute Gasteiger partial charge is 0.397 e. The fraction of sp³-hybridized carbons (Fsp3) is 0.111. The summed E-state index contributed by atoms with van der Waals surface area (Å²) in [7, 11) is 0. The van der Waals surface area contributed by atoms with Crippen molar-refractivity contribution in [3.63, 3.8) is 0 Å². The number of nitrogens with two attached hydrogens (primary N) is 1. The first-order valence-corrected chi connectivity index (χ1v) is 6.08. The van der Waals surface area contributed by atoms with Crippen LogP contribution in [0.5, 0.6) is 0 Å². The third-order valence-corrected chi connectivity index (χ3v) is 3.38. The van der Waals surface area contributed by atoms with Crippen LogP contribution >= 0.6 is 22.7 Å².